The molecule has 1 aliphatic rings. The van der Waals surface area contributed by atoms with Gasteiger partial charge in [0.25, 0.3) is 0 Å². The van der Waals surface area contributed by atoms with Gasteiger partial charge in [0.05, 0.1) is 0 Å². The fourth-order valence-electron chi connectivity index (χ4n) is 3.46. The van der Waals surface area contributed by atoms with E-state index in [0.29, 0.717) is 17.7 Å². The third-order valence-corrected chi connectivity index (χ3v) is 4.57. The number of hydrogen-bond donors (Lipinski definition) is 2. The molecule has 1 aromatic heterocycles. The molecule has 2 N–H and O–H groups in total. The first-order chi connectivity index (χ1) is 11.5. The van der Waals surface area contributed by atoms with E-state index in [9.17, 15) is 5.11 Å². The summed E-state index contributed by atoms with van der Waals surface area (Å²) in [6.45, 7) is 9.44. The van der Waals surface area contributed by atoms with E-state index in [1.807, 2.05) is 31.2 Å². The summed E-state index contributed by atoms with van der Waals surface area (Å²) in [5.74, 6) is 1.02. The highest BCUT2D eigenvalue weighted by atomic mass is 16.3. The van der Waals surface area contributed by atoms with Crippen LogP contribution < -0.4 is 10.2 Å². The summed E-state index contributed by atoms with van der Waals surface area (Å²) in [4.78, 5) is 6.59. The molecule has 2 heterocycles. The number of rotatable bonds is 4. The first kappa shape index (κ1) is 16.8. The number of benzene rings is 1. The lowest BCUT2D eigenvalue weighted by atomic mass is 10.0. The summed E-state index contributed by atoms with van der Waals surface area (Å²) in [6.07, 6.45) is 2.96. The van der Waals surface area contributed by atoms with Crippen molar-refractivity contribution in [3.63, 3.8) is 0 Å². The molecule has 4 heteroatoms. The fourth-order valence-corrected chi connectivity index (χ4v) is 3.46. The third-order valence-electron chi connectivity index (χ3n) is 4.57. The summed E-state index contributed by atoms with van der Waals surface area (Å²) in [5, 5.41) is 14.1. The maximum atomic E-state index is 10.5. The highest BCUT2D eigenvalue weighted by molar-refractivity contribution is 5.73. The second-order valence-electron chi connectivity index (χ2n) is 7.11. The van der Waals surface area contributed by atoms with E-state index < -0.39 is 0 Å². The Bertz CT molecular complexity index is 699. The number of pyridine rings is 1. The summed E-state index contributed by atoms with van der Waals surface area (Å²) in [5.41, 5.74) is 3.91. The number of phenols is 1. The van der Waals surface area contributed by atoms with Gasteiger partial charge in [-0.15, -0.1) is 0 Å². The molecule has 0 amide bonds. The van der Waals surface area contributed by atoms with E-state index in [1.54, 1.807) is 6.20 Å². The fraction of sp³-hybridized carbons (Fsp3) is 0.450. The van der Waals surface area contributed by atoms with Gasteiger partial charge < -0.3 is 15.3 Å². The molecule has 1 aliphatic heterocycles. The normalized spacial score (nSPS) is 18.2. The number of nitrogens with zero attached hydrogens (tertiary/aromatic N) is 2. The minimum absolute atomic E-state index is 0.331. The minimum Gasteiger partial charge on any atom is -0.507 e. The number of aromatic nitrogens is 1. The van der Waals surface area contributed by atoms with Crippen molar-refractivity contribution in [3.05, 3.63) is 42.2 Å². The standard InChI is InChI=1S/C20H27N3O/c1-14(2)10-17-13-23(9-8-22-17)18-4-5-19(20(24)12-18)16-6-7-21-15(3)11-16/h4-7,11-12,14,17,22,24H,8-10,13H2,1-3H3. The van der Waals surface area contributed by atoms with Crippen molar-refractivity contribution in [1.29, 1.82) is 0 Å². The van der Waals surface area contributed by atoms with E-state index >= 15 is 0 Å². The van der Waals surface area contributed by atoms with Crippen molar-refractivity contribution >= 4 is 5.69 Å². The maximum absolute atomic E-state index is 10.5. The largest absolute Gasteiger partial charge is 0.507 e. The summed E-state index contributed by atoms with van der Waals surface area (Å²) in [7, 11) is 0. The van der Waals surface area contributed by atoms with Gasteiger partial charge in [-0.05, 0) is 49.1 Å². The van der Waals surface area contributed by atoms with E-state index in [4.69, 9.17) is 0 Å². The van der Waals surface area contributed by atoms with Crippen LogP contribution in [0, 0.1) is 12.8 Å². The van der Waals surface area contributed by atoms with E-state index in [-0.39, 0.29) is 0 Å². The van der Waals surface area contributed by atoms with Crippen LogP contribution in [0.3, 0.4) is 0 Å². The first-order valence-electron chi connectivity index (χ1n) is 8.77. The van der Waals surface area contributed by atoms with Gasteiger partial charge in [0.15, 0.2) is 0 Å². The van der Waals surface area contributed by atoms with E-state index in [1.165, 1.54) is 6.42 Å². The quantitative estimate of drug-likeness (QED) is 0.902. The highest BCUT2D eigenvalue weighted by Gasteiger charge is 2.21. The number of anilines is 1. The second kappa shape index (κ2) is 7.22. The van der Waals surface area contributed by atoms with Crippen molar-refractivity contribution in [1.82, 2.24) is 10.3 Å². The Morgan fingerprint density at radius 3 is 2.83 bits per heavy atom. The Kier molecular flexibility index (Phi) is 5.05. The van der Waals surface area contributed by atoms with Gasteiger partial charge in [0.2, 0.25) is 0 Å². The van der Waals surface area contributed by atoms with Crippen LogP contribution in [0.2, 0.25) is 0 Å². The molecular formula is C20H27N3O. The molecule has 1 fully saturated rings. The van der Waals surface area contributed by atoms with Crippen molar-refractivity contribution in [2.45, 2.75) is 33.2 Å². The Hall–Kier alpha value is -2.07. The van der Waals surface area contributed by atoms with Gasteiger partial charge in [-0.2, -0.15) is 0 Å². The monoisotopic (exact) mass is 325 g/mol. The summed E-state index contributed by atoms with van der Waals surface area (Å²) >= 11 is 0. The number of aromatic hydroxyl groups is 1. The maximum Gasteiger partial charge on any atom is 0.125 e. The minimum atomic E-state index is 0.331. The molecule has 1 saturated heterocycles. The van der Waals surface area contributed by atoms with Crippen LogP contribution in [0.25, 0.3) is 11.1 Å². The van der Waals surface area contributed by atoms with Crippen LogP contribution in [-0.4, -0.2) is 35.8 Å². The Morgan fingerprint density at radius 2 is 2.12 bits per heavy atom. The van der Waals surface area contributed by atoms with Crippen LogP contribution >= 0.6 is 0 Å². The highest BCUT2D eigenvalue weighted by Crippen LogP contribution is 2.33. The molecule has 3 rings (SSSR count). The number of aryl methyl sites for hydroxylation is 1. The van der Waals surface area contributed by atoms with E-state index in [2.05, 4.69) is 35.1 Å². The molecule has 0 saturated carbocycles. The molecule has 0 aliphatic carbocycles. The average molecular weight is 325 g/mol. The van der Waals surface area contributed by atoms with Crippen molar-refractivity contribution in [2.75, 3.05) is 24.5 Å². The van der Waals surface area contributed by atoms with Gasteiger partial charge in [0.1, 0.15) is 5.75 Å². The topological polar surface area (TPSA) is 48.4 Å². The molecule has 24 heavy (non-hydrogen) atoms. The smallest absolute Gasteiger partial charge is 0.125 e. The zero-order valence-corrected chi connectivity index (χ0v) is 14.8. The molecule has 1 aromatic carbocycles. The van der Waals surface area contributed by atoms with Crippen LogP contribution in [0.15, 0.2) is 36.5 Å². The Balaban J connectivity index is 1.79. The lowest BCUT2D eigenvalue weighted by Crippen LogP contribution is -2.51. The number of hydrogen-bond acceptors (Lipinski definition) is 4. The first-order valence-corrected chi connectivity index (χ1v) is 8.77. The predicted molar refractivity (Wildman–Crippen MR) is 99.5 cm³/mol. The number of nitrogens with one attached hydrogen (secondary N) is 1. The zero-order valence-electron chi connectivity index (χ0n) is 14.8. The molecule has 0 bridgehead atoms. The molecule has 1 atom stereocenters. The second-order valence-corrected chi connectivity index (χ2v) is 7.11. The molecule has 4 nitrogen and oxygen atoms in total. The number of phenolic OH excluding ortho intramolecular Hbond substituents is 1. The summed E-state index contributed by atoms with van der Waals surface area (Å²) in [6, 6.07) is 10.5. The van der Waals surface area contributed by atoms with Crippen molar-refractivity contribution < 1.29 is 5.11 Å². The van der Waals surface area contributed by atoms with E-state index in [0.717, 1.165) is 42.1 Å². The Labute approximate surface area is 144 Å². The van der Waals surface area contributed by atoms with Crippen LogP contribution in [-0.2, 0) is 0 Å². The lowest BCUT2D eigenvalue weighted by molar-refractivity contribution is 0.388. The molecule has 0 radical (unpaired) electrons. The van der Waals surface area contributed by atoms with Crippen LogP contribution in [0.4, 0.5) is 5.69 Å². The summed E-state index contributed by atoms with van der Waals surface area (Å²) < 4.78 is 0. The van der Waals surface area contributed by atoms with Crippen molar-refractivity contribution in [3.8, 4) is 16.9 Å². The third kappa shape index (κ3) is 3.88. The van der Waals surface area contributed by atoms with Gasteiger partial charge in [-0.25, -0.2) is 0 Å². The lowest BCUT2D eigenvalue weighted by Gasteiger charge is -2.36. The predicted octanol–water partition coefficient (Wildman–Crippen LogP) is 3.59. The zero-order chi connectivity index (χ0) is 17.1. The molecule has 0 spiro atoms. The van der Waals surface area contributed by atoms with Gasteiger partial charge in [-0.1, -0.05) is 13.8 Å². The molecule has 2 aromatic rings. The van der Waals surface area contributed by atoms with Crippen molar-refractivity contribution in [2.24, 2.45) is 5.92 Å². The average Bonchev–Trinajstić information content (AvgIpc) is 2.54. The van der Waals surface area contributed by atoms with Crippen LogP contribution in [0.5, 0.6) is 5.75 Å². The van der Waals surface area contributed by atoms with Gasteiger partial charge in [-0.3, -0.25) is 4.98 Å². The SMILES string of the molecule is Cc1cc(-c2ccc(N3CCNC(CC(C)C)C3)cc2O)ccn1. The number of piperazine rings is 1. The van der Waals surface area contributed by atoms with Crippen LogP contribution in [0.1, 0.15) is 26.0 Å². The molecular weight excluding hydrogens is 298 g/mol. The molecule has 128 valence electrons. The molecule has 1 unspecified atom stereocenters. The Morgan fingerprint density at radius 1 is 1.29 bits per heavy atom. The van der Waals surface area contributed by atoms with Gasteiger partial charge >= 0.3 is 0 Å². The van der Waals surface area contributed by atoms with Gasteiger partial charge in [0, 0.05) is 54.9 Å².